The molecule has 1 saturated carbocycles. The van der Waals surface area contributed by atoms with Crippen LogP contribution in [0.25, 0.3) is 0 Å². The molecule has 1 aliphatic heterocycles. The average molecular weight is 331 g/mol. The normalized spacial score (nSPS) is 23.5. The van der Waals surface area contributed by atoms with E-state index in [0.717, 1.165) is 36.9 Å². The fraction of sp³-hybridized carbons (Fsp3) is 0.556. The van der Waals surface area contributed by atoms with E-state index in [-0.39, 0.29) is 23.8 Å². The van der Waals surface area contributed by atoms with Crippen molar-refractivity contribution in [1.82, 2.24) is 5.32 Å². The van der Waals surface area contributed by atoms with Crippen LogP contribution in [-0.2, 0) is 20.9 Å². The summed E-state index contributed by atoms with van der Waals surface area (Å²) in [6.07, 6.45) is 4.23. The Labute approximate surface area is 142 Å². The fourth-order valence-electron chi connectivity index (χ4n) is 3.05. The van der Waals surface area contributed by atoms with Crippen molar-refractivity contribution in [1.29, 1.82) is 0 Å². The number of anilines is 1. The molecule has 6 nitrogen and oxygen atoms in total. The van der Waals surface area contributed by atoms with Gasteiger partial charge in [-0.05, 0) is 43.4 Å². The minimum absolute atomic E-state index is 0.00852. The predicted octanol–water partition coefficient (Wildman–Crippen LogP) is 1.55. The van der Waals surface area contributed by atoms with Gasteiger partial charge in [0.2, 0.25) is 11.8 Å². The number of hydrogen-bond donors (Lipinski definition) is 3. The molecule has 2 aliphatic rings. The number of carbonyl (C=O) groups is 2. The van der Waals surface area contributed by atoms with Crippen molar-refractivity contribution < 1.29 is 14.3 Å². The molecule has 0 unspecified atom stereocenters. The topological polar surface area (TPSA) is 93.5 Å². The van der Waals surface area contributed by atoms with Crippen molar-refractivity contribution in [3.63, 3.8) is 0 Å². The first-order valence-corrected chi connectivity index (χ1v) is 8.68. The van der Waals surface area contributed by atoms with E-state index in [0.29, 0.717) is 19.5 Å². The second kappa shape index (κ2) is 7.77. The minimum Gasteiger partial charge on any atom is -0.364 e. The van der Waals surface area contributed by atoms with E-state index in [4.69, 9.17) is 10.5 Å². The molecule has 1 heterocycles. The van der Waals surface area contributed by atoms with Crippen LogP contribution in [0.4, 0.5) is 5.69 Å². The maximum atomic E-state index is 12.1. The molecule has 3 rings (SSSR count). The van der Waals surface area contributed by atoms with E-state index < -0.39 is 6.10 Å². The summed E-state index contributed by atoms with van der Waals surface area (Å²) in [6, 6.07) is 7.58. The van der Waals surface area contributed by atoms with Crippen LogP contribution >= 0.6 is 0 Å². The SMILES string of the molecule is NC[C@H]1CC[C@@H](C(=O)NCc2cccc(NC(=O)C3CCC3)c2)O1. The fourth-order valence-corrected chi connectivity index (χ4v) is 3.05. The van der Waals surface area contributed by atoms with Crippen LogP contribution in [0.5, 0.6) is 0 Å². The van der Waals surface area contributed by atoms with Crippen LogP contribution in [0, 0.1) is 5.92 Å². The lowest BCUT2D eigenvalue weighted by atomic mass is 9.85. The summed E-state index contributed by atoms with van der Waals surface area (Å²) in [5.74, 6) is 0.146. The molecule has 1 aromatic rings. The van der Waals surface area contributed by atoms with Crippen molar-refractivity contribution in [3.05, 3.63) is 29.8 Å². The maximum Gasteiger partial charge on any atom is 0.249 e. The largest absolute Gasteiger partial charge is 0.364 e. The Kier molecular flexibility index (Phi) is 5.48. The van der Waals surface area contributed by atoms with Gasteiger partial charge in [0.25, 0.3) is 0 Å². The summed E-state index contributed by atoms with van der Waals surface area (Å²) < 4.78 is 5.59. The molecular formula is C18H25N3O3. The number of benzene rings is 1. The van der Waals surface area contributed by atoms with Crippen molar-refractivity contribution in [2.75, 3.05) is 11.9 Å². The summed E-state index contributed by atoms with van der Waals surface area (Å²) in [5.41, 5.74) is 7.29. The zero-order valence-electron chi connectivity index (χ0n) is 13.8. The highest BCUT2D eigenvalue weighted by Gasteiger charge is 2.29. The van der Waals surface area contributed by atoms with Crippen LogP contribution < -0.4 is 16.4 Å². The molecule has 0 aromatic heterocycles. The third-order valence-electron chi connectivity index (χ3n) is 4.80. The van der Waals surface area contributed by atoms with Gasteiger partial charge in [0.1, 0.15) is 6.10 Å². The van der Waals surface area contributed by atoms with E-state index >= 15 is 0 Å². The molecule has 0 radical (unpaired) electrons. The van der Waals surface area contributed by atoms with Crippen LogP contribution in [0.15, 0.2) is 24.3 Å². The lowest BCUT2D eigenvalue weighted by Gasteiger charge is -2.24. The molecule has 2 atom stereocenters. The second-order valence-corrected chi connectivity index (χ2v) is 6.60. The Morgan fingerprint density at radius 1 is 1.17 bits per heavy atom. The number of carbonyl (C=O) groups excluding carboxylic acids is 2. The maximum absolute atomic E-state index is 12.1. The van der Waals surface area contributed by atoms with Gasteiger partial charge < -0.3 is 21.1 Å². The smallest absolute Gasteiger partial charge is 0.249 e. The monoisotopic (exact) mass is 331 g/mol. The van der Waals surface area contributed by atoms with Gasteiger partial charge in [-0.1, -0.05) is 18.6 Å². The molecule has 1 saturated heterocycles. The molecule has 24 heavy (non-hydrogen) atoms. The van der Waals surface area contributed by atoms with Crippen LogP contribution in [0.2, 0.25) is 0 Å². The van der Waals surface area contributed by atoms with Gasteiger partial charge in [-0.3, -0.25) is 9.59 Å². The molecule has 0 spiro atoms. The Hall–Kier alpha value is -1.92. The number of ether oxygens (including phenoxy) is 1. The molecule has 4 N–H and O–H groups in total. The van der Waals surface area contributed by atoms with Crippen LogP contribution in [0.3, 0.4) is 0 Å². The van der Waals surface area contributed by atoms with Crippen molar-refractivity contribution in [2.24, 2.45) is 11.7 Å². The second-order valence-electron chi connectivity index (χ2n) is 6.60. The quantitative estimate of drug-likeness (QED) is 0.737. The van der Waals surface area contributed by atoms with Gasteiger partial charge in [-0.25, -0.2) is 0 Å². The Morgan fingerprint density at radius 2 is 2.00 bits per heavy atom. The zero-order valence-corrected chi connectivity index (χ0v) is 13.8. The minimum atomic E-state index is -0.403. The highest BCUT2D eigenvalue weighted by atomic mass is 16.5. The van der Waals surface area contributed by atoms with E-state index in [1.165, 1.54) is 0 Å². The van der Waals surface area contributed by atoms with Gasteiger partial charge in [0.05, 0.1) is 6.10 Å². The van der Waals surface area contributed by atoms with Gasteiger partial charge in [-0.2, -0.15) is 0 Å². The summed E-state index contributed by atoms with van der Waals surface area (Å²) in [4.78, 5) is 24.1. The molecular weight excluding hydrogens is 306 g/mol. The highest BCUT2D eigenvalue weighted by molar-refractivity contribution is 5.93. The predicted molar refractivity (Wildman–Crippen MR) is 91.2 cm³/mol. The lowest BCUT2D eigenvalue weighted by Crippen LogP contribution is -2.35. The van der Waals surface area contributed by atoms with E-state index in [2.05, 4.69) is 10.6 Å². The first-order valence-electron chi connectivity index (χ1n) is 8.68. The van der Waals surface area contributed by atoms with Gasteiger partial charge in [-0.15, -0.1) is 0 Å². The lowest BCUT2D eigenvalue weighted by molar-refractivity contribution is -0.132. The van der Waals surface area contributed by atoms with Gasteiger partial charge in [0, 0.05) is 24.7 Å². The summed E-state index contributed by atoms with van der Waals surface area (Å²) >= 11 is 0. The van der Waals surface area contributed by atoms with Crippen LogP contribution in [0.1, 0.15) is 37.7 Å². The van der Waals surface area contributed by atoms with Gasteiger partial charge in [0.15, 0.2) is 0 Å². The molecule has 130 valence electrons. The first kappa shape index (κ1) is 16.9. The summed E-state index contributed by atoms with van der Waals surface area (Å²) in [6.45, 7) is 0.867. The highest BCUT2D eigenvalue weighted by Crippen LogP contribution is 2.27. The van der Waals surface area contributed by atoms with Crippen molar-refractivity contribution in [3.8, 4) is 0 Å². The molecule has 1 aliphatic carbocycles. The Balaban J connectivity index is 1.49. The third-order valence-corrected chi connectivity index (χ3v) is 4.80. The average Bonchev–Trinajstić information content (AvgIpc) is 3.00. The number of nitrogens with two attached hydrogens (primary N) is 1. The number of rotatable bonds is 6. The van der Waals surface area contributed by atoms with E-state index in [9.17, 15) is 9.59 Å². The molecule has 2 amide bonds. The zero-order chi connectivity index (χ0) is 16.9. The molecule has 0 bridgehead atoms. The molecule has 6 heteroatoms. The first-order chi connectivity index (χ1) is 11.7. The Morgan fingerprint density at radius 3 is 2.67 bits per heavy atom. The van der Waals surface area contributed by atoms with Crippen LogP contribution in [-0.4, -0.2) is 30.6 Å². The third kappa shape index (κ3) is 4.13. The summed E-state index contributed by atoms with van der Waals surface area (Å²) in [7, 11) is 0. The summed E-state index contributed by atoms with van der Waals surface area (Å²) in [5, 5.41) is 5.84. The molecule has 2 fully saturated rings. The number of nitrogens with one attached hydrogen (secondary N) is 2. The van der Waals surface area contributed by atoms with Crippen molar-refractivity contribution in [2.45, 2.75) is 50.9 Å². The van der Waals surface area contributed by atoms with Gasteiger partial charge >= 0.3 is 0 Å². The standard InChI is InChI=1S/C18H25N3O3/c19-10-15-7-8-16(24-15)18(23)20-11-12-3-1-6-14(9-12)21-17(22)13-4-2-5-13/h1,3,6,9,13,15-16H,2,4-5,7-8,10-11,19H2,(H,20,23)(H,21,22)/t15-,16+/m1/s1. The Bertz CT molecular complexity index is 601. The number of hydrogen-bond acceptors (Lipinski definition) is 4. The van der Waals surface area contributed by atoms with Crippen molar-refractivity contribution >= 4 is 17.5 Å². The van der Waals surface area contributed by atoms with E-state index in [1.807, 2.05) is 24.3 Å². The number of amides is 2. The van der Waals surface area contributed by atoms with E-state index in [1.54, 1.807) is 0 Å². The molecule has 1 aromatic carbocycles.